The van der Waals surface area contributed by atoms with Crippen molar-refractivity contribution < 1.29 is 22.3 Å². The van der Waals surface area contributed by atoms with Gasteiger partial charge in [-0.25, -0.2) is 17.2 Å². The van der Waals surface area contributed by atoms with Crippen molar-refractivity contribution in [1.82, 2.24) is 15.0 Å². The van der Waals surface area contributed by atoms with Crippen LogP contribution in [0.3, 0.4) is 0 Å². The molecule has 2 rings (SSSR count). The van der Waals surface area contributed by atoms with Crippen molar-refractivity contribution in [2.45, 2.75) is 45.6 Å². The van der Waals surface area contributed by atoms with Gasteiger partial charge in [0.25, 0.3) is 0 Å². The molecule has 0 radical (unpaired) electrons. The van der Waals surface area contributed by atoms with Crippen LogP contribution in [-0.2, 0) is 16.4 Å². The molecule has 0 aliphatic carbocycles. The van der Waals surface area contributed by atoms with Crippen molar-refractivity contribution in [2.24, 2.45) is 5.92 Å². The number of nitrogens with zero attached hydrogens (tertiary/aromatic N) is 3. The fourth-order valence-corrected chi connectivity index (χ4v) is 3.43. The first-order valence-electron chi connectivity index (χ1n) is 9.52. The third-order valence-corrected chi connectivity index (χ3v) is 4.80. The van der Waals surface area contributed by atoms with Gasteiger partial charge in [0.1, 0.15) is 17.5 Å². The Labute approximate surface area is 175 Å². The van der Waals surface area contributed by atoms with E-state index in [2.05, 4.69) is 25.0 Å². The molecule has 11 heteroatoms. The summed E-state index contributed by atoms with van der Waals surface area (Å²) < 4.78 is 52.7. The first kappa shape index (κ1) is 23.9. The van der Waals surface area contributed by atoms with E-state index >= 15 is 0 Å². The van der Waals surface area contributed by atoms with Crippen molar-refractivity contribution in [3.63, 3.8) is 0 Å². The molecule has 8 nitrogen and oxygen atoms in total. The Morgan fingerprint density at radius 3 is 2.33 bits per heavy atom. The van der Waals surface area contributed by atoms with E-state index in [4.69, 9.17) is 0 Å². The molecule has 0 saturated carbocycles. The molecular weight excluding hydrogens is 416 g/mol. The van der Waals surface area contributed by atoms with Crippen LogP contribution in [0.15, 0.2) is 18.2 Å². The summed E-state index contributed by atoms with van der Waals surface area (Å²) >= 11 is 0. The maximum Gasteiger partial charge on any atom is 0.241 e. The number of nitrogens with one attached hydrogen (secondary N) is 2. The lowest BCUT2D eigenvalue weighted by molar-refractivity contribution is 0.259. The minimum Gasteiger partial charge on any atom is -0.394 e. The van der Waals surface area contributed by atoms with Crippen LogP contribution in [0.5, 0.6) is 0 Å². The van der Waals surface area contributed by atoms with E-state index in [-0.39, 0.29) is 42.4 Å². The Hall–Kier alpha value is -2.40. The van der Waals surface area contributed by atoms with Gasteiger partial charge < -0.3 is 10.4 Å². The Balaban J connectivity index is 2.33. The highest BCUT2D eigenvalue weighted by Crippen LogP contribution is 2.23. The summed E-state index contributed by atoms with van der Waals surface area (Å²) in [4.78, 5) is 12.5. The topological polar surface area (TPSA) is 117 Å². The van der Waals surface area contributed by atoms with Gasteiger partial charge in [-0.2, -0.15) is 15.0 Å². The lowest BCUT2D eigenvalue weighted by atomic mass is 9.97. The molecule has 0 aliphatic rings. The van der Waals surface area contributed by atoms with Crippen LogP contribution < -0.4 is 10.0 Å². The molecule has 1 unspecified atom stereocenters. The molecule has 2 aromatic rings. The Morgan fingerprint density at radius 2 is 1.77 bits per heavy atom. The second-order valence-electron chi connectivity index (χ2n) is 7.70. The van der Waals surface area contributed by atoms with Crippen molar-refractivity contribution in [3.8, 4) is 0 Å². The molecule has 0 amide bonds. The maximum absolute atomic E-state index is 14.1. The smallest absolute Gasteiger partial charge is 0.241 e. The van der Waals surface area contributed by atoms with Crippen molar-refractivity contribution in [2.75, 3.05) is 22.9 Å². The summed E-state index contributed by atoms with van der Waals surface area (Å²) in [6.45, 7) is 5.56. The summed E-state index contributed by atoms with van der Waals surface area (Å²) in [5.74, 6) is -1.33. The Kier molecular flexibility index (Phi) is 8.02. The second kappa shape index (κ2) is 10.1. The van der Waals surface area contributed by atoms with E-state index in [1.165, 1.54) is 12.1 Å². The number of hydrogen-bond donors (Lipinski definition) is 3. The van der Waals surface area contributed by atoms with Crippen molar-refractivity contribution in [1.29, 1.82) is 0 Å². The number of aromatic nitrogens is 3. The van der Waals surface area contributed by atoms with E-state index in [0.717, 1.165) is 12.3 Å². The number of aliphatic hydroxyl groups is 1. The van der Waals surface area contributed by atoms with E-state index in [0.29, 0.717) is 12.3 Å². The van der Waals surface area contributed by atoms with Crippen molar-refractivity contribution in [3.05, 3.63) is 41.2 Å². The zero-order valence-corrected chi connectivity index (χ0v) is 18.2. The van der Waals surface area contributed by atoms with Gasteiger partial charge in [0.15, 0.2) is 0 Å². The number of rotatable bonds is 10. The molecular formula is C19H27F2N5O3S. The molecule has 2 atom stereocenters. The zero-order valence-electron chi connectivity index (χ0n) is 17.4. The van der Waals surface area contributed by atoms with Crippen LogP contribution in [0.1, 0.15) is 44.5 Å². The standard InChI is InChI=1S/C19H27F2N5O3S/c1-11(2)7-14(10-27)22-18-23-17(24-19(25-18)26-30(4,28)29)8-12(3)15-6-5-13(20)9-16(15)21/h5-6,9,11-12,14,27H,7-8,10H2,1-4H3,(H2,22,23,24,25,26)/t12?,14-/m1/s1. The van der Waals surface area contributed by atoms with Gasteiger partial charge in [-0.3, -0.25) is 4.72 Å². The maximum atomic E-state index is 14.1. The number of hydrogen-bond acceptors (Lipinski definition) is 7. The molecule has 0 fully saturated rings. The van der Waals surface area contributed by atoms with Gasteiger partial charge in [-0.05, 0) is 29.9 Å². The lowest BCUT2D eigenvalue weighted by Gasteiger charge is -2.19. The molecule has 166 valence electrons. The van der Waals surface area contributed by atoms with Crippen LogP contribution in [0.4, 0.5) is 20.7 Å². The molecule has 0 bridgehead atoms. The molecule has 1 heterocycles. The minimum absolute atomic E-state index is 0.0950. The van der Waals surface area contributed by atoms with Crippen LogP contribution in [0.25, 0.3) is 0 Å². The number of anilines is 2. The summed E-state index contributed by atoms with van der Waals surface area (Å²) in [7, 11) is -3.64. The quantitative estimate of drug-likeness (QED) is 0.517. The molecule has 30 heavy (non-hydrogen) atoms. The normalized spacial score (nSPS) is 13.9. The molecule has 1 aromatic carbocycles. The third-order valence-electron chi connectivity index (χ3n) is 4.25. The van der Waals surface area contributed by atoms with E-state index in [1.807, 2.05) is 13.8 Å². The SMILES string of the molecule is CC(C)C[C@H](CO)Nc1nc(CC(C)c2ccc(F)cc2F)nc(NS(C)(=O)=O)n1. The average Bonchev–Trinajstić information content (AvgIpc) is 2.58. The zero-order chi connectivity index (χ0) is 22.5. The van der Waals surface area contributed by atoms with Gasteiger partial charge in [-0.1, -0.05) is 26.8 Å². The highest BCUT2D eigenvalue weighted by Gasteiger charge is 2.18. The fraction of sp³-hybridized carbons (Fsp3) is 0.526. The molecule has 3 N–H and O–H groups in total. The first-order chi connectivity index (χ1) is 14.0. The summed E-state index contributed by atoms with van der Waals surface area (Å²) in [6.07, 6.45) is 1.77. The number of halogens is 2. The predicted molar refractivity (Wildman–Crippen MR) is 111 cm³/mol. The summed E-state index contributed by atoms with van der Waals surface area (Å²) in [5, 5.41) is 12.6. The van der Waals surface area contributed by atoms with Gasteiger partial charge in [0.05, 0.1) is 18.9 Å². The number of benzene rings is 1. The summed E-state index contributed by atoms with van der Waals surface area (Å²) in [6, 6.07) is 3.00. The molecule has 0 aliphatic heterocycles. The van der Waals surface area contributed by atoms with Gasteiger partial charge in [0, 0.05) is 12.5 Å². The average molecular weight is 444 g/mol. The molecule has 1 aromatic heterocycles. The minimum atomic E-state index is -3.64. The number of sulfonamides is 1. The van der Waals surface area contributed by atoms with E-state index < -0.39 is 27.6 Å². The van der Waals surface area contributed by atoms with Gasteiger partial charge >= 0.3 is 0 Å². The highest BCUT2D eigenvalue weighted by molar-refractivity contribution is 7.91. The van der Waals surface area contributed by atoms with Crippen LogP contribution in [0, 0.1) is 17.6 Å². The monoisotopic (exact) mass is 443 g/mol. The lowest BCUT2D eigenvalue weighted by Crippen LogP contribution is -2.27. The van der Waals surface area contributed by atoms with E-state index in [1.54, 1.807) is 6.92 Å². The van der Waals surface area contributed by atoms with Crippen LogP contribution in [-0.4, -0.2) is 47.4 Å². The van der Waals surface area contributed by atoms with Gasteiger partial charge in [0.2, 0.25) is 21.9 Å². The first-order valence-corrected chi connectivity index (χ1v) is 11.4. The van der Waals surface area contributed by atoms with Crippen LogP contribution >= 0.6 is 0 Å². The van der Waals surface area contributed by atoms with E-state index in [9.17, 15) is 22.3 Å². The number of aliphatic hydroxyl groups excluding tert-OH is 1. The highest BCUT2D eigenvalue weighted by atomic mass is 32.2. The van der Waals surface area contributed by atoms with Crippen LogP contribution in [0.2, 0.25) is 0 Å². The Bertz CT molecular complexity index is 973. The van der Waals surface area contributed by atoms with Crippen molar-refractivity contribution >= 4 is 21.9 Å². The fourth-order valence-electron chi connectivity index (χ4n) is 3.00. The third kappa shape index (κ3) is 7.45. The predicted octanol–water partition coefficient (Wildman–Crippen LogP) is 2.69. The largest absolute Gasteiger partial charge is 0.394 e. The van der Waals surface area contributed by atoms with Gasteiger partial charge in [-0.15, -0.1) is 0 Å². The molecule has 0 saturated heterocycles. The molecule has 0 spiro atoms. The second-order valence-corrected chi connectivity index (χ2v) is 9.45. The summed E-state index contributed by atoms with van der Waals surface area (Å²) in [5.41, 5.74) is 0.289. The Morgan fingerprint density at radius 1 is 1.10 bits per heavy atom.